The standard InChI is InChI=1S/C23H28N2O3/c1-27-20-8-5-9-21(14-20)28-22-15-25(16-22)23(26)17-24-12-10-19(11-13-24)18-6-3-2-4-7-18/h2-9,14,19,22H,10-13,15-17H2,1H3. The average molecular weight is 380 g/mol. The Hall–Kier alpha value is -2.53. The van der Waals surface area contributed by atoms with E-state index in [-0.39, 0.29) is 12.0 Å². The van der Waals surface area contributed by atoms with Crippen LogP contribution in [-0.4, -0.2) is 61.6 Å². The second-order valence-electron chi connectivity index (χ2n) is 7.68. The van der Waals surface area contributed by atoms with Crippen LogP contribution in [0.1, 0.15) is 24.3 Å². The maximum atomic E-state index is 12.6. The second-order valence-corrected chi connectivity index (χ2v) is 7.68. The quantitative estimate of drug-likeness (QED) is 0.772. The van der Waals surface area contributed by atoms with E-state index in [1.54, 1.807) is 7.11 Å². The summed E-state index contributed by atoms with van der Waals surface area (Å²) in [6.07, 6.45) is 2.32. The molecule has 0 N–H and O–H groups in total. The normalized spacial score (nSPS) is 18.5. The van der Waals surface area contributed by atoms with Crippen LogP contribution in [0.2, 0.25) is 0 Å². The van der Waals surface area contributed by atoms with Crippen LogP contribution in [0.3, 0.4) is 0 Å². The van der Waals surface area contributed by atoms with Gasteiger partial charge in [-0.05, 0) is 49.5 Å². The molecule has 0 radical (unpaired) electrons. The van der Waals surface area contributed by atoms with E-state index < -0.39 is 0 Å². The Labute approximate surface area is 166 Å². The van der Waals surface area contributed by atoms with Crippen LogP contribution in [0, 0.1) is 0 Å². The van der Waals surface area contributed by atoms with E-state index in [4.69, 9.17) is 9.47 Å². The Morgan fingerprint density at radius 3 is 2.43 bits per heavy atom. The zero-order valence-corrected chi connectivity index (χ0v) is 16.4. The number of likely N-dealkylation sites (tertiary alicyclic amines) is 2. The minimum atomic E-state index is 0.0693. The molecule has 28 heavy (non-hydrogen) atoms. The molecule has 4 rings (SSSR count). The third kappa shape index (κ3) is 4.47. The van der Waals surface area contributed by atoms with Crippen LogP contribution >= 0.6 is 0 Å². The van der Waals surface area contributed by atoms with Crippen LogP contribution < -0.4 is 9.47 Å². The third-order valence-corrected chi connectivity index (χ3v) is 5.76. The molecule has 1 amide bonds. The maximum absolute atomic E-state index is 12.6. The van der Waals surface area contributed by atoms with Crippen molar-refractivity contribution in [3.8, 4) is 11.5 Å². The van der Waals surface area contributed by atoms with Crippen molar-refractivity contribution < 1.29 is 14.3 Å². The number of rotatable bonds is 6. The molecule has 2 aliphatic heterocycles. The molecule has 2 saturated heterocycles. The zero-order valence-electron chi connectivity index (χ0n) is 16.4. The monoisotopic (exact) mass is 380 g/mol. The van der Waals surface area contributed by atoms with Gasteiger partial charge >= 0.3 is 0 Å². The summed E-state index contributed by atoms with van der Waals surface area (Å²) in [5.74, 6) is 2.41. The molecule has 2 aromatic carbocycles. The van der Waals surface area contributed by atoms with Crippen molar-refractivity contribution in [3.05, 3.63) is 60.2 Å². The smallest absolute Gasteiger partial charge is 0.237 e. The topological polar surface area (TPSA) is 42.0 Å². The van der Waals surface area contributed by atoms with Gasteiger partial charge < -0.3 is 14.4 Å². The molecule has 5 nitrogen and oxygen atoms in total. The van der Waals surface area contributed by atoms with Gasteiger partial charge in [0, 0.05) is 6.07 Å². The molecule has 0 unspecified atom stereocenters. The van der Waals surface area contributed by atoms with E-state index in [1.165, 1.54) is 5.56 Å². The first-order valence-corrected chi connectivity index (χ1v) is 10.1. The van der Waals surface area contributed by atoms with Gasteiger partial charge in [0.1, 0.15) is 17.6 Å². The molecule has 5 heteroatoms. The number of hydrogen-bond acceptors (Lipinski definition) is 4. The lowest BCUT2D eigenvalue weighted by atomic mass is 9.89. The lowest BCUT2D eigenvalue weighted by Gasteiger charge is -2.40. The molecule has 148 valence electrons. The molecule has 0 saturated carbocycles. The molecule has 0 atom stereocenters. The van der Waals surface area contributed by atoms with Crippen LogP contribution in [0.25, 0.3) is 0 Å². The van der Waals surface area contributed by atoms with Crippen molar-refractivity contribution in [3.63, 3.8) is 0 Å². The molecule has 2 heterocycles. The van der Waals surface area contributed by atoms with Gasteiger partial charge in [-0.3, -0.25) is 9.69 Å². The maximum Gasteiger partial charge on any atom is 0.237 e. The van der Waals surface area contributed by atoms with Gasteiger partial charge in [-0.1, -0.05) is 36.4 Å². The van der Waals surface area contributed by atoms with E-state index >= 15 is 0 Å². The number of nitrogens with zero attached hydrogens (tertiary/aromatic N) is 2. The summed E-state index contributed by atoms with van der Waals surface area (Å²) in [4.78, 5) is 16.7. The highest BCUT2D eigenvalue weighted by Gasteiger charge is 2.33. The third-order valence-electron chi connectivity index (χ3n) is 5.76. The highest BCUT2D eigenvalue weighted by Crippen LogP contribution is 2.28. The van der Waals surface area contributed by atoms with Crippen molar-refractivity contribution in [2.24, 2.45) is 0 Å². The molecule has 0 spiro atoms. The van der Waals surface area contributed by atoms with Gasteiger partial charge in [-0.2, -0.15) is 0 Å². The number of piperidine rings is 1. The van der Waals surface area contributed by atoms with E-state index in [0.29, 0.717) is 25.6 Å². The summed E-state index contributed by atoms with van der Waals surface area (Å²) in [5.41, 5.74) is 1.42. The fourth-order valence-corrected chi connectivity index (χ4v) is 4.02. The van der Waals surface area contributed by atoms with Gasteiger partial charge in [-0.25, -0.2) is 0 Å². The van der Waals surface area contributed by atoms with Gasteiger partial charge in [-0.15, -0.1) is 0 Å². The molecular formula is C23H28N2O3. The van der Waals surface area contributed by atoms with Crippen molar-refractivity contribution in [1.82, 2.24) is 9.80 Å². The first kappa shape index (κ1) is 18.8. The van der Waals surface area contributed by atoms with E-state index in [2.05, 4.69) is 35.2 Å². The minimum Gasteiger partial charge on any atom is -0.497 e. The fourth-order valence-electron chi connectivity index (χ4n) is 4.02. The number of methoxy groups -OCH3 is 1. The molecule has 0 aromatic heterocycles. The van der Waals surface area contributed by atoms with E-state index in [1.807, 2.05) is 29.2 Å². The SMILES string of the molecule is COc1cccc(OC2CN(C(=O)CN3CCC(c4ccccc4)CC3)C2)c1. The number of ether oxygens (including phenoxy) is 2. The van der Waals surface area contributed by atoms with Gasteiger partial charge in [0.15, 0.2) is 0 Å². The van der Waals surface area contributed by atoms with Gasteiger partial charge in [0.25, 0.3) is 0 Å². The molecule has 0 aliphatic carbocycles. The summed E-state index contributed by atoms with van der Waals surface area (Å²) in [5, 5.41) is 0. The van der Waals surface area contributed by atoms with Crippen LogP contribution in [0.15, 0.2) is 54.6 Å². The Kier molecular flexibility index (Phi) is 5.81. The predicted molar refractivity (Wildman–Crippen MR) is 109 cm³/mol. The molecule has 2 fully saturated rings. The van der Waals surface area contributed by atoms with Crippen LogP contribution in [0.5, 0.6) is 11.5 Å². The molecule has 0 bridgehead atoms. The number of carbonyl (C=O) groups is 1. The summed E-state index contributed by atoms with van der Waals surface area (Å²) in [7, 11) is 1.64. The van der Waals surface area contributed by atoms with Gasteiger partial charge in [0.05, 0.1) is 26.7 Å². The molecular weight excluding hydrogens is 352 g/mol. The summed E-state index contributed by atoms with van der Waals surface area (Å²) in [6.45, 7) is 3.83. The van der Waals surface area contributed by atoms with E-state index in [9.17, 15) is 4.79 Å². The fraction of sp³-hybridized carbons (Fsp3) is 0.435. The van der Waals surface area contributed by atoms with Crippen LogP contribution in [0.4, 0.5) is 0 Å². The zero-order chi connectivity index (χ0) is 19.3. The number of benzene rings is 2. The van der Waals surface area contributed by atoms with Crippen molar-refractivity contribution >= 4 is 5.91 Å². The molecule has 2 aliphatic rings. The number of carbonyl (C=O) groups excluding carboxylic acids is 1. The number of hydrogen-bond donors (Lipinski definition) is 0. The van der Waals surface area contributed by atoms with E-state index in [0.717, 1.165) is 37.4 Å². The highest BCUT2D eigenvalue weighted by atomic mass is 16.5. The first-order valence-electron chi connectivity index (χ1n) is 10.1. The Morgan fingerprint density at radius 2 is 1.71 bits per heavy atom. The lowest BCUT2D eigenvalue weighted by Crippen LogP contribution is -2.58. The second kappa shape index (κ2) is 8.65. The summed E-state index contributed by atoms with van der Waals surface area (Å²) >= 11 is 0. The highest BCUT2D eigenvalue weighted by molar-refractivity contribution is 5.79. The van der Waals surface area contributed by atoms with Crippen molar-refractivity contribution in [1.29, 1.82) is 0 Å². The summed E-state index contributed by atoms with van der Waals surface area (Å²) in [6, 6.07) is 18.3. The Morgan fingerprint density at radius 1 is 1.00 bits per heavy atom. The summed E-state index contributed by atoms with van der Waals surface area (Å²) < 4.78 is 11.2. The minimum absolute atomic E-state index is 0.0693. The van der Waals surface area contributed by atoms with Crippen molar-refractivity contribution in [2.45, 2.75) is 24.9 Å². The van der Waals surface area contributed by atoms with Crippen LogP contribution in [-0.2, 0) is 4.79 Å². The first-order chi connectivity index (χ1) is 13.7. The molecule has 2 aromatic rings. The average Bonchev–Trinajstić information content (AvgIpc) is 2.71. The van der Waals surface area contributed by atoms with Gasteiger partial charge in [0.2, 0.25) is 5.91 Å². The van der Waals surface area contributed by atoms with Crippen molar-refractivity contribution in [2.75, 3.05) is 39.8 Å². The Balaban J connectivity index is 1.19. The predicted octanol–water partition coefficient (Wildman–Crippen LogP) is 3.16. The number of amides is 1. The Bertz CT molecular complexity index is 781. The largest absolute Gasteiger partial charge is 0.497 e. The lowest BCUT2D eigenvalue weighted by molar-refractivity contribution is -0.141.